The van der Waals surface area contributed by atoms with Gasteiger partial charge in [0.15, 0.2) is 0 Å². The zero-order valence-corrected chi connectivity index (χ0v) is 16.2. The maximum absolute atomic E-state index is 3.82. The van der Waals surface area contributed by atoms with E-state index in [9.17, 15) is 0 Å². The Labute approximate surface area is 153 Å². The van der Waals surface area contributed by atoms with Gasteiger partial charge < -0.3 is 5.32 Å². The van der Waals surface area contributed by atoms with Crippen LogP contribution in [0.25, 0.3) is 0 Å². The molecule has 0 spiro atoms. The molecule has 1 heterocycles. The topological polar surface area (TPSA) is 15.3 Å². The molecule has 0 amide bonds. The predicted molar refractivity (Wildman–Crippen MR) is 109 cm³/mol. The fraction of sp³-hybridized carbons (Fsp3) is 0.478. The molecule has 2 heteroatoms. The monoisotopic (exact) mass is 336 g/mol. The highest BCUT2D eigenvalue weighted by atomic mass is 15.1. The van der Waals surface area contributed by atoms with E-state index in [1.165, 1.54) is 54.0 Å². The lowest BCUT2D eigenvalue weighted by Gasteiger charge is -2.23. The van der Waals surface area contributed by atoms with Gasteiger partial charge in [0.05, 0.1) is 0 Å². The summed E-state index contributed by atoms with van der Waals surface area (Å²) in [6.07, 6.45) is 2.67. The minimum Gasteiger partial charge on any atom is -0.355 e. The standard InChI is InChI=1S/C23H32N2/c1-17(2)20-11-9-12-21(18(3)4)23(20)24-22-13-6-5-10-19(22)16-25-14-7-8-15-25/h5-6,9-13,17-18,24H,7-8,14-16H2,1-4H3. The van der Waals surface area contributed by atoms with Crippen molar-refractivity contribution >= 4 is 11.4 Å². The van der Waals surface area contributed by atoms with Crippen LogP contribution in [-0.4, -0.2) is 18.0 Å². The molecule has 0 unspecified atom stereocenters. The highest BCUT2D eigenvalue weighted by molar-refractivity contribution is 5.70. The molecule has 0 aromatic heterocycles. The van der Waals surface area contributed by atoms with Gasteiger partial charge >= 0.3 is 0 Å². The highest BCUT2D eigenvalue weighted by Crippen LogP contribution is 2.35. The Morgan fingerprint density at radius 1 is 0.840 bits per heavy atom. The first-order valence-electron chi connectivity index (χ1n) is 9.76. The Morgan fingerprint density at radius 3 is 2.04 bits per heavy atom. The summed E-state index contributed by atoms with van der Waals surface area (Å²) in [4.78, 5) is 2.57. The second kappa shape index (κ2) is 8.05. The summed E-state index contributed by atoms with van der Waals surface area (Å²) in [6, 6.07) is 15.5. The van der Waals surface area contributed by atoms with Gasteiger partial charge in [-0.05, 0) is 60.5 Å². The number of hydrogen-bond acceptors (Lipinski definition) is 2. The minimum atomic E-state index is 0.506. The summed E-state index contributed by atoms with van der Waals surface area (Å²) in [5.41, 5.74) is 6.77. The zero-order valence-electron chi connectivity index (χ0n) is 16.2. The summed E-state index contributed by atoms with van der Waals surface area (Å²) in [5, 5.41) is 3.82. The Balaban J connectivity index is 1.94. The van der Waals surface area contributed by atoms with Crippen LogP contribution < -0.4 is 5.32 Å². The van der Waals surface area contributed by atoms with E-state index in [2.05, 4.69) is 80.4 Å². The van der Waals surface area contributed by atoms with Crippen molar-refractivity contribution in [1.82, 2.24) is 4.90 Å². The molecule has 1 fully saturated rings. The first kappa shape index (κ1) is 18.0. The summed E-state index contributed by atoms with van der Waals surface area (Å²) >= 11 is 0. The molecule has 3 rings (SSSR count). The number of hydrogen-bond donors (Lipinski definition) is 1. The van der Waals surface area contributed by atoms with Gasteiger partial charge in [-0.3, -0.25) is 4.90 Å². The summed E-state index contributed by atoms with van der Waals surface area (Å²) < 4.78 is 0. The van der Waals surface area contributed by atoms with Crippen molar-refractivity contribution in [3.8, 4) is 0 Å². The van der Waals surface area contributed by atoms with Gasteiger partial charge in [-0.15, -0.1) is 0 Å². The van der Waals surface area contributed by atoms with Crippen molar-refractivity contribution < 1.29 is 0 Å². The molecular weight excluding hydrogens is 304 g/mol. The van der Waals surface area contributed by atoms with E-state index in [4.69, 9.17) is 0 Å². The third-order valence-corrected chi connectivity index (χ3v) is 5.24. The fourth-order valence-electron chi connectivity index (χ4n) is 3.79. The Hall–Kier alpha value is -1.80. The van der Waals surface area contributed by atoms with Crippen LogP contribution in [-0.2, 0) is 6.54 Å². The van der Waals surface area contributed by atoms with E-state index < -0.39 is 0 Å². The van der Waals surface area contributed by atoms with Crippen molar-refractivity contribution in [3.05, 3.63) is 59.2 Å². The average molecular weight is 337 g/mol. The summed E-state index contributed by atoms with van der Waals surface area (Å²) in [5.74, 6) is 1.01. The van der Waals surface area contributed by atoms with Crippen LogP contribution in [0, 0.1) is 0 Å². The maximum Gasteiger partial charge on any atom is 0.0454 e. The van der Waals surface area contributed by atoms with Crippen molar-refractivity contribution in [2.24, 2.45) is 0 Å². The van der Waals surface area contributed by atoms with Crippen molar-refractivity contribution in [1.29, 1.82) is 0 Å². The van der Waals surface area contributed by atoms with Gasteiger partial charge in [-0.1, -0.05) is 64.1 Å². The molecule has 2 nitrogen and oxygen atoms in total. The first-order chi connectivity index (χ1) is 12.1. The Bertz CT molecular complexity index is 671. The lowest BCUT2D eigenvalue weighted by molar-refractivity contribution is 0.332. The number of anilines is 2. The molecule has 2 aromatic rings. The number of benzene rings is 2. The molecule has 134 valence electrons. The normalized spacial score (nSPS) is 15.3. The first-order valence-corrected chi connectivity index (χ1v) is 9.76. The quantitative estimate of drug-likeness (QED) is 0.668. The van der Waals surface area contributed by atoms with Crippen LogP contribution in [0.5, 0.6) is 0 Å². The molecule has 1 aliphatic rings. The molecule has 0 atom stereocenters. The highest BCUT2D eigenvalue weighted by Gasteiger charge is 2.17. The third kappa shape index (κ3) is 4.24. The average Bonchev–Trinajstić information content (AvgIpc) is 3.09. The maximum atomic E-state index is 3.82. The van der Waals surface area contributed by atoms with Gasteiger partial charge in [0.25, 0.3) is 0 Å². The summed E-state index contributed by atoms with van der Waals surface area (Å²) in [6.45, 7) is 12.6. The molecule has 25 heavy (non-hydrogen) atoms. The Morgan fingerprint density at radius 2 is 1.44 bits per heavy atom. The van der Waals surface area contributed by atoms with E-state index in [0.29, 0.717) is 11.8 Å². The fourth-order valence-corrected chi connectivity index (χ4v) is 3.79. The van der Waals surface area contributed by atoms with E-state index >= 15 is 0 Å². The van der Waals surface area contributed by atoms with Gasteiger partial charge in [-0.25, -0.2) is 0 Å². The van der Waals surface area contributed by atoms with Gasteiger partial charge in [-0.2, -0.15) is 0 Å². The number of para-hydroxylation sites is 2. The van der Waals surface area contributed by atoms with Crippen molar-refractivity contribution in [3.63, 3.8) is 0 Å². The molecule has 0 bridgehead atoms. The second-order valence-corrected chi connectivity index (χ2v) is 7.89. The van der Waals surface area contributed by atoms with Crippen LogP contribution in [0.3, 0.4) is 0 Å². The SMILES string of the molecule is CC(C)c1cccc(C(C)C)c1Nc1ccccc1CN1CCCC1. The summed E-state index contributed by atoms with van der Waals surface area (Å²) in [7, 11) is 0. The molecule has 0 aliphatic carbocycles. The molecule has 1 N–H and O–H groups in total. The number of nitrogens with zero attached hydrogens (tertiary/aromatic N) is 1. The van der Waals surface area contributed by atoms with Gasteiger partial charge in [0.2, 0.25) is 0 Å². The van der Waals surface area contributed by atoms with Crippen LogP contribution in [0.1, 0.15) is 69.1 Å². The van der Waals surface area contributed by atoms with Crippen LogP contribution >= 0.6 is 0 Å². The zero-order chi connectivity index (χ0) is 17.8. The lowest BCUT2D eigenvalue weighted by Crippen LogP contribution is -2.19. The largest absolute Gasteiger partial charge is 0.355 e. The van der Waals surface area contributed by atoms with Crippen molar-refractivity contribution in [2.45, 2.75) is 58.9 Å². The smallest absolute Gasteiger partial charge is 0.0454 e. The van der Waals surface area contributed by atoms with Crippen molar-refractivity contribution in [2.75, 3.05) is 18.4 Å². The second-order valence-electron chi connectivity index (χ2n) is 7.89. The number of nitrogens with one attached hydrogen (secondary N) is 1. The molecule has 0 radical (unpaired) electrons. The van der Waals surface area contributed by atoms with E-state index in [0.717, 1.165) is 6.54 Å². The minimum absolute atomic E-state index is 0.506. The molecular formula is C23H32N2. The number of rotatable bonds is 6. The lowest BCUT2D eigenvalue weighted by atomic mass is 9.92. The molecule has 0 saturated carbocycles. The van der Waals surface area contributed by atoms with E-state index in [-0.39, 0.29) is 0 Å². The van der Waals surface area contributed by atoms with Gasteiger partial charge in [0, 0.05) is 17.9 Å². The molecule has 1 aliphatic heterocycles. The number of likely N-dealkylation sites (tertiary alicyclic amines) is 1. The van der Waals surface area contributed by atoms with Gasteiger partial charge in [0.1, 0.15) is 0 Å². The molecule has 2 aromatic carbocycles. The van der Waals surface area contributed by atoms with Crippen LogP contribution in [0.4, 0.5) is 11.4 Å². The predicted octanol–water partition coefficient (Wildman–Crippen LogP) is 6.27. The molecule has 1 saturated heterocycles. The Kier molecular flexibility index (Phi) is 5.80. The van der Waals surface area contributed by atoms with E-state index in [1.54, 1.807) is 0 Å². The van der Waals surface area contributed by atoms with E-state index in [1.807, 2.05) is 0 Å². The van der Waals surface area contributed by atoms with Crippen LogP contribution in [0.15, 0.2) is 42.5 Å². The van der Waals surface area contributed by atoms with Crippen LogP contribution in [0.2, 0.25) is 0 Å². The third-order valence-electron chi connectivity index (χ3n) is 5.24.